The summed E-state index contributed by atoms with van der Waals surface area (Å²) in [6.45, 7) is 0.914. The molecule has 0 atom stereocenters. The van der Waals surface area contributed by atoms with Gasteiger partial charge in [-0.25, -0.2) is 4.39 Å². The van der Waals surface area contributed by atoms with E-state index in [4.69, 9.17) is 23.2 Å². The smallest absolute Gasteiger partial charge is 0.272 e. The fraction of sp³-hybridized carbons (Fsp3) is 0.174. The van der Waals surface area contributed by atoms with E-state index in [1.54, 1.807) is 27.6 Å². The van der Waals surface area contributed by atoms with Gasteiger partial charge in [-0.3, -0.25) is 19.0 Å². The van der Waals surface area contributed by atoms with Crippen LogP contribution in [0, 0.1) is 5.82 Å². The first-order valence-electron chi connectivity index (χ1n) is 9.99. The summed E-state index contributed by atoms with van der Waals surface area (Å²) in [6, 6.07) is 7.83. The largest absolute Gasteiger partial charge is 0.334 e. The van der Waals surface area contributed by atoms with Crippen molar-refractivity contribution in [1.82, 2.24) is 19.3 Å². The van der Waals surface area contributed by atoms with Crippen LogP contribution in [0.2, 0.25) is 10.2 Å². The molecule has 162 valence electrons. The SMILES string of the molecule is O=C(c1cc(Cc2c[nH]c(=O)c3cc(Cl)c(Cl)n23)ccc1F)N1CCc2cnccc2C1. The lowest BCUT2D eigenvalue weighted by Crippen LogP contribution is -2.36. The van der Waals surface area contributed by atoms with Crippen molar-refractivity contribution >= 4 is 34.6 Å². The second-order valence-corrected chi connectivity index (χ2v) is 8.49. The average Bonchev–Trinajstić information content (AvgIpc) is 3.11. The van der Waals surface area contributed by atoms with Crippen LogP contribution in [-0.4, -0.2) is 31.7 Å². The van der Waals surface area contributed by atoms with E-state index in [0.717, 1.165) is 11.1 Å². The molecule has 1 amide bonds. The fourth-order valence-electron chi connectivity index (χ4n) is 4.10. The first kappa shape index (κ1) is 20.7. The number of hydrogen-bond acceptors (Lipinski definition) is 3. The Morgan fingerprint density at radius 3 is 2.88 bits per heavy atom. The highest BCUT2D eigenvalue weighted by Gasteiger charge is 2.24. The molecule has 1 aromatic carbocycles. The zero-order chi connectivity index (χ0) is 22.4. The van der Waals surface area contributed by atoms with Crippen LogP contribution < -0.4 is 5.56 Å². The van der Waals surface area contributed by atoms with Crippen LogP contribution >= 0.6 is 23.2 Å². The number of benzene rings is 1. The standard InChI is InChI=1S/C23H17Cl2FN4O2/c24-18-9-20-22(31)28-11-16(30(20)21(18)25)7-13-1-2-19(26)17(8-13)23(32)29-6-4-14-10-27-5-3-15(14)12-29/h1-3,5,8-11H,4,6-7,12H2,(H,28,31). The fourth-order valence-corrected chi connectivity index (χ4v) is 4.54. The van der Waals surface area contributed by atoms with Crippen molar-refractivity contribution in [1.29, 1.82) is 0 Å². The summed E-state index contributed by atoms with van der Waals surface area (Å²) >= 11 is 12.4. The second kappa shape index (κ2) is 8.07. The minimum absolute atomic E-state index is 0.0114. The number of nitrogens with zero attached hydrogens (tertiary/aromatic N) is 3. The summed E-state index contributed by atoms with van der Waals surface area (Å²) in [7, 11) is 0. The van der Waals surface area contributed by atoms with E-state index in [2.05, 4.69) is 9.97 Å². The molecule has 5 rings (SSSR count). The molecule has 0 saturated carbocycles. The monoisotopic (exact) mass is 470 g/mol. The van der Waals surface area contributed by atoms with Gasteiger partial charge in [0.1, 0.15) is 16.5 Å². The molecule has 0 bridgehead atoms. The van der Waals surface area contributed by atoms with Crippen LogP contribution in [0.4, 0.5) is 4.39 Å². The summed E-state index contributed by atoms with van der Waals surface area (Å²) in [5.41, 5.74) is 3.49. The molecule has 4 heterocycles. The van der Waals surface area contributed by atoms with Crippen molar-refractivity contribution in [2.45, 2.75) is 19.4 Å². The Balaban J connectivity index is 1.46. The molecule has 0 fully saturated rings. The molecule has 0 radical (unpaired) electrons. The second-order valence-electron chi connectivity index (χ2n) is 7.72. The van der Waals surface area contributed by atoms with Crippen LogP contribution in [0.15, 0.2) is 53.7 Å². The molecular weight excluding hydrogens is 454 g/mol. The Morgan fingerprint density at radius 2 is 2.03 bits per heavy atom. The molecule has 3 aromatic heterocycles. The number of carbonyl (C=O) groups excluding carboxylic acids is 1. The molecule has 0 unspecified atom stereocenters. The molecule has 9 heteroatoms. The number of fused-ring (bicyclic) bond motifs is 2. The molecule has 1 aliphatic rings. The maximum Gasteiger partial charge on any atom is 0.272 e. The number of aromatic nitrogens is 3. The highest BCUT2D eigenvalue weighted by atomic mass is 35.5. The molecule has 6 nitrogen and oxygen atoms in total. The van der Waals surface area contributed by atoms with E-state index in [1.807, 2.05) is 12.3 Å². The third-order valence-corrected chi connectivity index (χ3v) is 6.50. The number of H-pyrrole nitrogens is 1. The van der Waals surface area contributed by atoms with Gasteiger partial charge in [-0.1, -0.05) is 29.3 Å². The van der Waals surface area contributed by atoms with Crippen LogP contribution in [0.1, 0.15) is 32.7 Å². The van der Waals surface area contributed by atoms with Crippen molar-refractivity contribution < 1.29 is 9.18 Å². The molecule has 1 N–H and O–H groups in total. The van der Waals surface area contributed by atoms with Crippen molar-refractivity contribution in [2.24, 2.45) is 0 Å². The maximum atomic E-state index is 14.6. The first-order chi connectivity index (χ1) is 15.4. The predicted octanol–water partition coefficient (Wildman–Crippen LogP) is 4.26. The highest BCUT2D eigenvalue weighted by molar-refractivity contribution is 6.42. The lowest BCUT2D eigenvalue weighted by atomic mass is 10.0. The molecule has 0 aliphatic carbocycles. The minimum atomic E-state index is -0.576. The quantitative estimate of drug-likeness (QED) is 0.486. The maximum absolute atomic E-state index is 14.6. The van der Waals surface area contributed by atoms with E-state index in [-0.39, 0.29) is 27.2 Å². The lowest BCUT2D eigenvalue weighted by molar-refractivity contribution is 0.0729. The molecule has 32 heavy (non-hydrogen) atoms. The average molecular weight is 471 g/mol. The summed E-state index contributed by atoms with van der Waals surface area (Å²) in [4.78, 5) is 33.7. The van der Waals surface area contributed by atoms with Gasteiger partial charge in [0.15, 0.2) is 0 Å². The van der Waals surface area contributed by atoms with Gasteiger partial charge in [-0.15, -0.1) is 0 Å². The molecule has 0 saturated heterocycles. The van der Waals surface area contributed by atoms with Gasteiger partial charge in [0.2, 0.25) is 0 Å². The van der Waals surface area contributed by atoms with E-state index < -0.39 is 5.82 Å². The number of halogens is 3. The highest BCUT2D eigenvalue weighted by Crippen LogP contribution is 2.27. The van der Waals surface area contributed by atoms with Gasteiger partial charge < -0.3 is 9.88 Å². The number of aromatic amines is 1. The van der Waals surface area contributed by atoms with Gasteiger partial charge in [0, 0.05) is 43.8 Å². The Bertz CT molecular complexity index is 1430. The van der Waals surface area contributed by atoms with E-state index >= 15 is 0 Å². The summed E-state index contributed by atoms with van der Waals surface area (Å²) in [6.07, 6.45) is 6.03. The van der Waals surface area contributed by atoms with Gasteiger partial charge >= 0.3 is 0 Å². The molecule has 1 aliphatic heterocycles. The first-order valence-corrected chi connectivity index (χ1v) is 10.7. The number of rotatable bonds is 3. The third kappa shape index (κ3) is 3.57. The Hall–Kier alpha value is -3.16. The Morgan fingerprint density at radius 1 is 1.19 bits per heavy atom. The Kier molecular flexibility index (Phi) is 5.23. The van der Waals surface area contributed by atoms with Crippen LogP contribution in [0.25, 0.3) is 5.52 Å². The number of carbonyl (C=O) groups is 1. The number of hydrogen-bond donors (Lipinski definition) is 1. The summed E-state index contributed by atoms with van der Waals surface area (Å²) in [5.74, 6) is -0.937. The number of amides is 1. The zero-order valence-electron chi connectivity index (χ0n) is 16.7. The number of pyridine rings is 1. The lowest BCUT2D eigenvalue weighted by Gasteiger charge is -2.28. The van der Waals surface area contributed by atoms with E-state index in [1.165, 1.54) is 18.3 Å². The van der Waals surface area contributed by atoms with Gasteiger partial charge in [-0.2, -0.15) is 0 Å². The normalized spacial score (nSPS) is 13.4. The van der Waals surface area contributed by atoms with Crippen LogP contribution in [0.3, 0.4) is 0 Å². The summed E-state index contributed by atoms with van der Waals surface area (Å²) in [5, 5.41) is 0.489. The van der Waals surface area contributed by atoms with Crippen molar-refractivity contribution in [2.75, 3.05) is 6.54 Å². The van der Waals surface area contributed by atoms with Gasteiger partial charge in [0.05, 0.1) is 10.6 Å². The minimum Gasteiger partial charge on any atom is -0.334 e. The predicted molar refractivity (Wildman–Crippen MR) is 120 cm³/mol. The van der Waals surface area contributed by atoms with E-state index in [9.17, 15) is 14.0 Å². The van der Waals surface area contributed by atoms with Crippen molar-refractivity contribution in [3.8, 4) is 0 Å². The molecule has 4 aromatic rings. The molecule has 0 spiro atoms. The van der Waals surface area contributed by atoms with Gasteiger partial charge in [0.25, 0.3) is 11.5 Å². The topological polar surface area (TPSA) is 70.5 Å². The third-order valence-electron chi connectivity index (χ3n) is 5.74. The van der Waals surface area contributed by atoms with Crippen molar-refractivity contribution in [3.63, 3.8) is 0 Å². The van der Waals surface area contributed by atoms with Gasteiger partial charge in [-0.05, 0) is 47.4 Å². The number of nitrogens with one attached hydrogen (secondary N) is 1. The zero-order valence-corrected chi connectivity index (χ0v) is 18.3. The summed E-state index contributed by atoms with van der Waals surface area (Å²) < 4.78 is 16.2. The molecular formula is C23H17Cl2FN4O2. The van der Waals surface area contributed by atoms with Crippen molar-refractivity contribution in [3.05, 3.63) is 103 Å². The Labute approximate surface area is 192 Å². The van der Waals surface area contributed by atoms with Crippen LogP contribution in [-0.2, 0) is 19.4 Å². The van der Waals surface area contributed by atoms with E-state index in [0.29, 0.717) is 42.7 Å². The van der Waals surface area contributed by atoms with Crippen LogP contribution in [0.5, 0.6) is 0 Å².